The Kier molecular flexibility index (Phi) is 10.4. The molecule has 2 heteroatoms. The first-order valence-electron chi connectivity index (χ1n) is 17.9. The van der Waals surface area contributed by atoms with Crippen LogP contribution in [-0.2, 0) is 12.8 Å². The molecule has 6 aromatic rings. The van der Waals surface area contributed by atoms with Crippen LogP contribution in [0.2, 0.25) is 0 Å². The molecule has 0 atom stereocenters. The van der Waals surface area contributed by atoms with E-state index >= 15 is 0 Å². The van der Waals surface area contributed by atoms with Crippen molar-refractivity contribution in [3.63, 3.8) is 0 Å². The molecule has 238 valence electrons. The Morgan fingerprint density at radius 1 is 0.370 bits per heavy atom. The number of benzene rings is 6. The number of fused-ring (bicyclic) bond motifs is 4. The lowest BCUT2D eigenvalue weighted by Crippen LogP contribution is -1.94. The number of hydrogen-bond donors (Lipinski definition) is 2. The molecule has 0 spiro atoms. The number of rotatable bonds is 15. The smallest absolute Gasteiger partial charge is 0.131 e. The predicted molar refractivity (Wildman–Crippen MR) is 199 cm³/mol. The highest BCUT2D eigenvalue weighted by molar-refractivity contribution is 6.26. The number of phenolic OH excluding ortho intramolecular Hbond substituents is 2. The third-order valence-corrected chi connectivity index (χ3v) is 10.0. The average molecular weight is 611 g/mol. The normalized spacial score (nSPS) is 11.8. The molecule has 2 nitrogen and oxygen atoms in total. The summed E-state index contributed by atoms with van der Waals surface area (Å²) in [6, 6.07) is 29.9. The van der Waals surface area contributed by atoms with Crippen molar-refractivity contribution in [3.8, 4) is 22.6 Å². The zero-order valence-electron chi connectivity index (χ0n) is 27.9. The highest BCUT2D eigenvalue weighted by atomic mass is 16.3. The van der Waals surface area contributed by atoms with Crippen molar-refractivity contribution in [3.05, 3.63) is 96.1 Å². The van der Waals surface area contributed by atoms with Gasteiger partial charge in [-0.2, -0.15) is 0 Å². The number of hydrogen-bond acceptors (Lipinski definition) is 2. The molecule has 6 aromatic carbocycles. The topological polar surface area (TPSA) is 40.5 Å². The molecule has 0 unspecified atom stereocenters. The van der Waals surface area contributed by atoms with Crippen molar-refractivity contribution in [2.45, 2.75) is 104 Å². The fourth-order valence-electron chi connectivity index (χ4n) is 7.47. The van der Waals surface area contributed by atoms with Gasteiger partial charge >= 0.3 is 0 Å². The van der Waals surface area contributed by atoms with Crippen molar-refractivity contribution >= 4 is 43.1 Å². The summed E-state index contributed by atoms with van der Waals surface area (Å²) in [4.78, 5) is 0. The third-order valence-electron chi connectivity index (χ3n) is 10.0. The number of phenols is 2. The van der Waals surface area contributed by atoms with Crippen LogP contribution in [0.15, 0.2) is 84.9 Å². The lowest BCUT2D eigenvalue weighted by molar-refractivity contribution is 0.487. The van der Waals surface area contributed by atoms with Crippen LogP contribution in [0.25, 0.3) is 54.2 Å². The molecule has 6 rings (SSSR count). The van der Waals surface area contributed by atoms with E-state index in [0.717, 1.165) is 67.1 Å². The van der Waals surface area contributed by atoms with Crippen LogP contribution in [0.3, 0.4) is 0 Å². The standard InChI is InChI=1S/C44H50O2/c1-3-5-7-9-11-13-19-31-25-27-35-39(29-31)43(45)37-23-17-15-21-33(37)41(35)42-34-22-16-18-24-38(34)44(46)40-30-32(26-28-36(40)42)20-14-12-10-8-6-4-2/h15-18,21-30,45-46H,3-14,19-20H2,1-2H3. The molecule has 0 saturated carbocycles. The van der Waals surface area contributed by atoms with E-state index in [0.29, 0.717) is 11.5 Å². The molecule has 0 heterocycles. The SMILES string of the molecule is CCCCCCCCc1ccc2c(-c3c4ccccc4c(O)c4cc(CCCCCCCC)ccc34)c3ccccc3c(O)c2c1. The lowest BCUT2D eigenvalue weighted by Gasteiger charge is -2.20. The molecule has 0 radical (unpaired) electrons. The van der Waals surface area contributed by atoms with Gasteiger partial charge in [-0.25, -0.2) is 0 Å². The van der Waals surface area contributed by atoms with Crippen molar-refractivity contribution in [1.29, 1.82) is 0 Å². The fourth-order valence-corrected chi connectivity index (χ4v) is 7.47. The monoisotopic (exact) mass is 610 g/mol. The highest BCUT2D eigenvalue weighted by Crippen LogP contribution is 2.49. The molecule has 0 amide bonds. The molecule has 0 saturated heterocycles. The molecule has 0 aliphatic carbocycles. The molecule has 2 N–H and O–H groups in total. The summed E-state index contributed by atoms with van der Waals surface area (Å²) in [5.41, 5.74) is 4.80. The quantitative estimate of drug-likeness (QED) is 0.0897. The first kappa shape index (κ1) is 31.9. The second-order valence-electron chi connectivity index (χ2n) is 13.3. The van der Waals surface area contributed by atoms with Gasteiger partial charge in [0.25, 0.3) is 0 Å². The summed E-state index contributed by atoms with van der Waals surface area (Å²) >= 11 is 0. The Balaban J connectivity index is 1.48. The predicted octanol–water partition coefficient (Wildman–Crippen LogP) is 13.2. The zero-order valence-corrected chi connectivity index (χ0v) is 27.9. The molecule has 0 fully saturated rings. The first-order valence-corrected chi connectivity index (χ1v) is 17.9. The second kappa shape index (κ2) is 15.0. The Morgan fingerprint density at radius 2 is 0.717 bits per heavy atom. The maximum absolute atomic E-state index is 11.7. The number of unbranched alkanes of at least 4 members (excludes halogenated alkanes) is 10. The second-order valence-corrected chi connectivity index (χ2v) is 13.3. The molecular weight excluding hydrogens is 560 g/mol. The first-order chi connectivity index (χ1) is 22.6. The van der Waals surface area contributed by atoms with Gasteiger partial charge in [0.15, 0.2) is 0 Å². The van der Waals surface area contributed by atoms with Crippen molar-refractivity contribution in [2.75, 3.05) is 0 Å². The van der Waals surface area contributed by atoms with Crippen LogP contribution in [0.1, 0.15) is 102 Å². The van der Waals surface area contributed by atoms with Crippen molar-refractivity contribution in [2.24, 2.45) is 0 Å². The van der Waals surface area contributed by atoms with Gasteiger partial charge in [-0.1, -0.05) is 151 Å². The molecule has 0 aliphatic heterocycles. The van der Waals surface area contributed by atoms with Crippen LogP contribution in [0.5, 0.6) is 11.5 Å². The Hall–Kier alpha value is -4.04. The highest BCUT2D eigenvalue weighted by Gasteiger charge is 2.21. The fraction of sp³-hybridized carbons (Fsp3) is 0.364. The van der Waals surface area contributed by atoms with E-state index < -0.39 is 0 Å². The number of aryl methyl sites for hydroxylation is 2. The number of aromatic hydroxyl groups is 2. The Bertz CT molecular complexity index is 1810. The summed E-state index contributed by atoms with van der Waals surface area (Å²) in [7, 11) is 0. The average Bonchev–Trinajstić information content (AvgIpc) is 3.09. The van der Waals surface area contributed by atoms with Gasteiger partial charge in [-0.3, -0.25) is 0 Å². The van der Waals surface area contributed by atoms with Gasteiger partial charge in [0, 0.05) is 21.5 Å². The minimum atomic E-state index is 0.354. The van der Waals surface area contributed by atoms with E-state index in [-0.39, 0.29) is 0 Å². The van der Waals surface area contributed by atoms with Crippen LogP contribution < -0.4 is 0 Å². The van der Waals surface area contributed by atoms with Gasteiger partial charge < -0.3 is 10.2 Å². The van der Waals surface area contributed by atoms with Gasteiger partial charge in [0.05, 0.1) is 0 Å². The zero-order chi connectivity index (χ0) is 31.9. The van der Waals surface area contributed by atoms with E-state index in [1.165, 1.54) is 88.2 Å². The van der Waals surface area contributed by atoms with Crippen molar-refractivity contribution < 1.29 is 10.2 Å². The summed E-state index contributed by atoms with van der Waals surface area (Å²) in [5.74, 6) is 0.709. The van der Waals surface area contributed by atoms with Gasteiger partial charge in [0.1, 0.15) is 11.5 Å². The Labute approximate surface area is 275 Å². The summed E-state index contributed by atoms with van der Waals surface area (Å²) in [6.45, 7) is 4.52. The minimum absolute atomic E-state index is 0.354. The van der Waals surface area contributed by atoms with Gasteiger partial charge in [-0.15, -0.1) is 0 Å². The summed E-state index contributed by atoms with van der Waals surface area (Å²) in [6.07, 6.45) is 17.3. The third kappa shape index (κ3) is 6.59. The van der Waals surface area contributed by atoms with Crippen LogP contribution in [0.4, 0.5) is 0 Å². The molecular formula is C44H50O2. The molecule has 0 aromatic heterocycles. The van der Waals surface area contributed by atoms with Gasteiger partial charge in [-0.05, 0) is 81.6 Å². The largest absolute Gasteiger partial charge is 0.507 e. The van der Waals surface area contributed by atoms with E-state index in [1.807, 2.05) is 24.3 Å². The van der Waals surface area contributed by atoms with E-state index in [1.54, 1.807) is 0 Å². The maximum Gasteiger partial charge on any atom is 0.131 e. The van der Waals surface area contributed by atoms with Gasteiger partial charge in [0.2, 0.25) is 0 Å². The summed E-state index contributed by atoms with van der Waals surface area (Å²) in [5, 5.41) is 31.1. The molecule has 46 heavy (non-hydrogen) atoms. The Morgan fingerprint density at radius 3 is 1.13 bits per heavy atom. The van der Waals surface area contributed by atoms with Crippen LogP contribution in [0, 0.1) is 0 Å². The van der Waals surface area contributed by atoms with Crippen LogP contribution >= 0.6 is 0 Å². The van der Waals surface area contributed by atoms with E-state index in [9.17, 15) is 10.2 Å². The van der Waals surface area contributed by atoms with Crippen LogP contribution in [-0.4, -0.2) is 10.2 Å². The van der Waals surface area contributed by atoms with Crippen molar-refractivity contribution in [1.82, 2.24) is 0 Å². The minimum Gasteiger partial charge on any atom is -0.507 e. The maximum atomic E-state index is 11.7. The van der Waals surface area contributed by atoms with E-state index in [4.69, 9.17) is 0 Å². The molecule has 0 bridgehead atoms. The summed E-state index contributed by atoms with van der Waals surface area (Å²) < 4.78 is 0. The molecule has 0 aliphatic rings. The lowest BCUT2D eigenvalue weighted by atomic mass is 9.84. The van der Waals surface area contributed by atoms with E-state index in [2.05, 4.69) is 74.5 Å².